The third-order valence-electron chi connectivity index (χ3n) is 12.6. The molecule has 2 N–H and O–H groups in total. The summed E-state index contributed by atoms with van der Waals surface area (Å²) in [5.74, 6) is 1.72. The lowest BCUT2D eigenvalue weighted by Crippen LogP contribution is -2.63. The number of carbonyl (C=O) groups is 3. The molecule has 55 heavy (non-hydrogen) atoms. The van der Waals surface area contributed by atoms with Crippen molar-refractivity contribution in [2.24, 2.45) is 18.4 Å². The van der Waals surface area contributed by atoms with Crippen molar-refractivity contribution < 1.29 is 23.9 Å². The summed E-state index contributed by atoms with van der Waals surface area (Å²) in [4.78, 5) is 56.4. The Morgan fingerprint density at radius 3 is 2.27 bits per heavy atom. The number of benzene rings is 2. The Balaban J connectivity index is 0.802. The van der Waals surface area contributed by atoms with E-state index in [4.69, 9.17) is 9.47 Å². The van der Waals surface area contributed by atoms with Crippen LogP contribution in [0.25, 0.3) is 22.0 Å². The number of aryl methyl sites for hydroxylation is 1. The van der Waals surface area contributed by atoms with Crippen LogP contribution in [-0.2, 0) is 34.4 Å². The second-order valence-electron chi connectivity index (χ2n) is 16.1. The van der Waals surface area contributed by atoms with Gasteiger partial charge in [-0.15, -0.1) is 0 Å². The summed E-state index contributed by atoms with van der Waals surface area (Å²) >= 11 is 0. The van der Waals surface area contributed by atoms with Crippen molar-refractivity contribution >= 4 is 28.6 Å². The Kier molecular flexibility index (Phi) is 10.2. The Morgan fingerprint density at radius 1 is 0.927 bits per heavy atom. The third-order valence-corrected chi connectivity index (χ3v) is 12.6. The van der Waals surface area contributed by atoms with Crippen molar-refractivity contribution in [1.29, 1.82) is 0 Å². The molecule has 4 aromatic rings. The van der Waals surface area contributed by atoms with Crippen LogP contribution >= 0.6 is 0 Å². The first-order valence-corrected chi connectivity index (χ1v) is 19.5. The van der Waals surface area contributed by atoms with Crippen molar-refractivity contribution in [3.63, 3.8) is 0 Å². The molecule has 4 aliphatic heterocycles. The van der Waals surface area contributed by atoms with Crippen molar-refractivity contribution in [1.82, 2.24) is 34.8 Å². The van der Waals surface area contributed by atoms with Crippen molar-refractivity contribution in [3.05, 3.63) is 75.8 Å². The van der Waals surface area contributed by atoms with E-state index in [1.165, 1.54) is 5.56 Å². The number of piperidine rings is 3. The van der Waals surface area contributed by atoms with E-state index in [9.17, 15) is 19.2 Å². The molecule has 2 aromatic heterocycles. The molecule has 3 amide bonds. The van der Waals surface area contributed by atoms with Crippen LogP contribution in [0.3, 0.4) is 0 Å². The number of carbonyl (C=O) groups excluding carboxylic acids is 3. The Labute approximate surface area is 320 Å². The number of nitrogens with one attached hydrogen (secondary N) is 2. The number of imide groups is 1. The van der Waals surface area contributed by atoms with Crippen LogP contribution in [-0.4, -0.2) is 107 Å². The zero-order valence-electron chi connectivity index (χ0n) is 32.1. The first-order valence-electron chi connectivity index (χ1n) is 19.5. The van der Waals surface area contributed by atoms with E-state index in [0.29, 0.717) is 43.8 Å². The number of amides is 3. The maximum atomic E-state index is 13.4. The molecule has 4 aliphatic rings. The highest BCUT2D eigenvalue weighted by Crippen LogP contribution is 2.43. The number of hydrogen-bond acceptors (Lipinski definition) is 9. The molecule has 1 spiro atoms. The van der Waals surface area contributed by atoms with Crippen LogP contribution < -0.4 is 20.3 Å². The molecule has 13 heteroatoms. The molecule has 290 valence electrons. The van der Waals surface area contributed by atoms with Crippen LogP contribution in [0, 0.1) is 11.3 Å². The van der Waals surface area contributed by atoms with Crippen LogP contribution in [0.2, 0.25) is 0 Å². The lowest BCUT2D eigenvalue weighted by molar-refractivity contribution is -0.148. The molecule has 1 unspecified atom stereocenters. The Bertz CT molecular complexity index is 2110. The quantitative estimate of drug-likeness (QED) is 0.232. The summed E-state index contributed by atoms with van der Waals surface area (Å²) in [6.07, 6.45) is 9.34. The SMILES string of the molecule is COc1cc(-c2cn(C)c(=O)c3[nH]ncc23)cc(OC)c1CN1CCC2(CC1)CN(C(=O)CN1CCC(c3ccc(CC4CCC(=O)NC4=O)cc3)CC1)C2. The lowest BCUT2D eigenvalue weighted by atomic mass is 9.72. The second kappa shape index (κ2) is 15.3. The summed E-state index contributed by atoms with van der Waals surface area (Å²) < 4.78 is 13.4. The molecule has 6 heterocycles. The minimum Gasteiger partial charge on any atom is -0.496 e. The molecule has 8 rings (SSSR count). The van der Waals surface area contributed by atoms with E-state index in [1.807, 2.05) is 18.3 Å². The standard InChI is InChI=1S/C42H51N7O6/c1-46-22-33(32-21-43-45-39(32)41(46)53)31-19-35(54-2)34(36(20-31)55-3)23-48-16-12-42(13-17-48)25-49(26-42)38(51)24-47-14-10-29(11-15-47)28-6-4-27(5-7-28)18-30-8-9-37(50)44-40(30)52/h4-7,19-22,29-30H,8-18,23-26H2,1-3H3,(H,43,45)(H,44,50,52). The molecular formula is C42H51N7O6. The Morgan fingerprint density at radius 2 is 1.62 bits per heavy atom. The molecule has 2 aromatic carbocycles. The van der Waals surface area contributed by atoms with E-state index in [1.54, 1.807) is 32.0 Å². The number of pyridine rings is 1. The van der Waals surface area contributed by atoms with Crippen molar-refractivity contribution in [3.8, 4) is 22.6 Å². The van der Waals surface area contributed by atoms with Gasteiger partial charge < -0.3 is 18.9 Å². The number of methoxy groups -OCH3 is 2. The fourth-order valence-corrected chi connectivity index (χ4v) is 9.20. The smallest absolute Gasteiger partial charge is 0.276 e. The monoisotopic (exact) mass is 749 g/mol. The topological polar surface area (TPSA) is 142 Å². The van der Waals surface area contributed by atoms with E-state index >= 15 is 0 Å². The highest BCUT2D eigenvalue weighted by Gasteiger charge is 2.47. The minimum absolute atomic E-state index is 0.129. The van der Waals surface area contributed by atoms with Gasteiger partial charge in [-0.05, 0) is 99.4 Å². The van der Waals surface area contributed by atoms with Gasteiger partial charge in [-0.2, -0.15) is 5.10 Å². The second-order valence-corrected chi connectivity index (χ2v) is 16.1. The van der Waals surface area contributed by atoms with Crippen LogP contribution in [0.4, 0.5) is 0 Å². The zero-order chi connectivity index (χ0) is 38.3. The summed E-state index contributed by atoms with van der Waals surface area (Å²) in [6, 6.07) is 12.7. The van der Waals surface area contributed by atoms with Crippen LogP contribution in [0.5, 0.6) is 11.5 Å². The Hall–Kier alpha value is -5.01. The molecular weight excluding hydrogens is 699 g/mol. The minimum atomic E-state index is -0.173. The van der Waals surface area contributed by atoms with Gasteiger partial charge in [-0.1, -0.05) is 24.3 Å². The maximum absolute atomic E-state index is 13.4. The average molecular weight is 750 g/mol. The molecule has 1 atom stereocenters. The summed E-state index contributed by atoms with van der Waals surface area (Å²) in [5, 5.41) is 10.2. The summed E-state index contributed by atoms with van der Waals surface area (Å²) in [5.41, 5.74) is 5.73. The molecule has 4 fully saturated rings. The predicted octanol–water partition coefficient (Wildman–Crippen LogP) is 3.85. The lowest BCUT2D eigenvalue weighted by Gasteiger charge is -2.54. The first-order chi connectivity index (χ1) is 26.6. The van der Waals surface area contributed by atoms with Gasteiger partial charge in [0.1, 0.15) is 17.0 Å². The van der Waals surface area contributed by atoms with E-state index in [0.717, 1.165) is 104 Å². The largest absolute Gasteiger partial charge is 0.496 e. The van der Waals surface area contributed by atoms with Crippen molar-refractivity contribution in [2.45, 2.75) is 57.4 Å². The zero-order valence-corrected chi connectivity index (χ0v) is 32.1. The number of fused-ring (bicyclic) bond motifs is 1. The molecule has 0 saturated carbocycles. The van der Waals surface area contributed by atoms with E-state index < -0.39 is 0 Å². The number of H-pyrrole nitrogens is 1. The third kappa shape index (κ3) is 7.51. The summed E-state index contributed by atoms with van der Waals surface area (Å²) in [6.45, 7) is 6.57. The number of aromatic nitrogens is 3. The number of rotatable bonds is 10. The van der Waals surface area contributed by atoms with Gasteiger partial charge in [0, 0.05) is 61.6 Å². The fourth-order valence-electron chi connectivity index (χ4n) is 9.20. The number of likely N-dealkylation sites (tertiary alicyclic amines) is 3. The molecule has 4 saturated heterocycles. The fraction of sp³-hybridized carbons (Fsp3) is 0.500. The molecule has 13 nitrogen and oxygen atoms in total. The van der Waals surface area contributed by atoms with E-state index in [-0.39, 0.29) is 34.6 Å². The normalized spacial score (nSPS) is 20.8. The van der Waals surface area contributed by atoms with Gasteiger partial charge in [0.05, 0.1) is 32.5 Å². The van der Waals surface area contributed by atoms with Crippen LogP contribution in [0.15, 0.2) is 53.6 Å². The average Bonchev–Trinajstić information content (AvgIpc) is 3.68. The number of nitrogens with zero attached hydrogens (tertiary/aromatic N) is 5. The number of ether oxygens (including phenoxy) is 2. The predicted molar refractivity (Wildman–Crippen MR) is 208 cm³/mol. The van der Waals surface area contributed by atoms with Gasteiger partial charge in [-0.25, -0.2) is 0 Å². The molecule has 0 aliphatic carbocycles. The highest BCUT2D eigenvalue weighted by atomic mass is 16.5. The van der Waals surface area contributed by atoms with E-state index in [2.05, 4.69) is 54.5 Å². The van der Waals surface area contributed by atoms with Crippen molar-refractivity contribution in [2.75, 3.05) is 60.0 Å². The number of aromatic amines is 1. The van der Waals surface area contributed by atoms with Gasteiger partial charge >= 0.3 is 0 Å². The van der Waals surface area contributed by atoms with Gasteiger partial charge in [0.2, 0.25) is 17.7 Å². The molecule has 0 radical (unpaired) electrons. The van der Waals surface area contributed by atoms with Gasteiger partial charge in [-0.3, -0.25) is 39.4 Å². The van der Waals surface area contributed by atoms with Gasteiger partial charge in [0.15, 0.2) is 0 Å². The van der Waals surface area contributed by atoms with Crippen LogP contribution in [0.1, 0.15) is 61.1 Å². The number of hydrogen-bond donors (Lipinski definition) is 2. The maximum Gasteiger partial charge on any atom is 0.276 e. The molecule has 0 bridgehead atoms. The summed E-state index contributed by atoms with van der Waals surface area (Å²) in [7, 11) is 5.09. The first kappa shape index (κ1) is 36.9. The van der Waals surface area contributed by atoms with Gasteiger partial charge in [0.25, 0.3) is 5.56 Å². The highest BCUT2D eigenvalue weighted by molar-refractivity contribution is 5.98.